The van der Waals surface area contributed by atoms with Gasteiger partial charge in [-0.05, 0) is 25.8 Å². The fourth-order valence-corrected chi connectivity index (χ4v) is 4.40. The minimum atomic E-state index is -0.191. The maximum Gasteiger partial charge on any atom is 0.245 e. The molecule has 0 aromatic carbocycles. The molecule has 3 rings (SSSR count). The number of nitrogens with one attached hydrogen (secondary N) is 1. The number of thiazole rings is 1. The number of hydrogen-bond donors (Lipinski definition) is 1. The van der Waals surface area contributed by atoms with Gasteiger partial charge in [-0.1, -0.05) is 19.3 Å². The van der Waals surface area contributed by atoms with Crippen LogP contribution in [0.25, 0.3) is 0 Å². The summed E-state index contributed by atoms with van der Waals surface area (Å²) in [5.41, 5.74) is 2.97. The molecule has 1 aliphatic heterocycles. The molecule has 1 fully saturated rings. The van der Waals surface area contributed by atoms with Gasteiger partial charge < -0.3 is 10.2 Å². The first-order chi connectivity index (χ1) is 9.79. The minimum Gasteiger partial charge on any atom is -0.340 e. The summed E-state index contributed by atoms with van der Waals surface area (Å²) in [6, 6.07) is -0.191. The maximum absolute atomic E-state index is 12.8. The normalized spacial score (nSPS) is 24.6. The van der Waals surface area contributed by atoms with Crippen LogP contribution in [0.2, 0.25) is 0 Å². The molecule has 0 radical (unpaired) electrons. The zero-order valence-electron chi connectivity index (χ0n) is 12.1. The van der Waals surface area contributed by atoms with E-state index in [0.29, 0.717) is 5.92 Å². The molecule has 110 valence electrons. The molecule has 1 aromatic rings. The van der Waals surface area contributed by atoms with E-state index >= 15 is 0 Å². The van der Waals surface area contributed by atoms with E-state index in [9.17, 15) is 4.79 Å². The van der Waals surface area contributed by atoms with E-state index in [1.165, 1.54) is 32.1 Å². The lowest BCUT2D eigenvalue weighted by atomic mass is 9.89. The van der Waals surface area contributed by atoms with Crippen LogP contribution < -0.4 is 5.32 Å². The Morgan fingerprint density at radius 3 is 2.95 bits per heavy atom. The summed E-state index contributed by atoms with van der Waals surface area (Å²) < 4.78 is 0. The van der Waals surface area contributed by atoms with Crippen molar-refractivity contribution in [1.29, 1.82) is 0 Å². The van der Waals surface area contributed by atoms with Gasteiger partial charge in [-0.2, -0.15) is 0 Å². The summed E-state index contributed by atoms with van der Waals surface area (Å²) >= 11 is 1.60. The topological polar surface area (TPSA) is 45.2 Å². The molecular formula is C15H23N3OS. The predicted octanol–water partition coefficient (Wildman–Crippen LogP) is 2.37. The van der Waals surface area contributed by atoms with Gasteiger partial charge in [-0.3, -0.25) is 4.79 Å². The molecule has 0 saturated heterocycles. The highest BCUT2D eigenvalue weighted by atomic mass is 32.1. The molecule has 20 heavy (non-hydrogen) atoms. The van der Waals surface area contributed by atoms with Gasteiger partial charge in [0.05, 0.1) is 16.1 Å². The smallest absolute Gasteiger partial charge is 0.245 e. The average molecular weight is 293 g/mol. The molecular weight excluding hydrogens is 270 g/mol. The molecule has 1 unspecified atom stereocenters. The average Bonchev–Trinajstić information content (AvgIpc) is 2.89. The highest BCUT2D eigenvalue weighted by molar-refractivity contribution is 7.10. The van der Waals surface area contributed by atoms with Gasteiger partial charge in [0.15, 0.2) is 0 Å². The summed E-state index contributed by atoms with van der Waals surface area (Å²) in [6.45, 7) is 1.76. The van der Waals surface area contributed by atoms with E-state index in [4.69, 9.17) is 0 Å². The molecule has 1 amide bonds. The van der Waals surface area contributed by atoms with Crippen LogP contribution in [0.4, 0.5) is 0 Å². The second-order valence-electron chi connectivity index (χ2n) is 5.92. The molecule has 1 aromatic heterocycles. The van der Waals surface area contributed by atoms with Crippen LogP contribution in [0.3, 0.4) is 0 Å². The van der Waals surface area contributed by atoms with Crippen molar-refractivity contribution in [3.8, 4) is 0 Å². The first kappa shape index (κ1) is 14.0. The lowest BCUT2D eigenvalue weighted by Crippen LogP contribution is -2.41. The molecule has 2 heterocycles. The minimum absolute atomic E-state index is 0.191. The maximum atomic E-state index is 12.8. The van der Waals surface area contributed by atoms with Crippen molar-refractivity contribution < 1.29 is 4.79 Å². The molecule has 2 aliphatic rings. The van der Waals surface area contributed by atoms with Crippen LogP contribution in [0.1, 0.15) is 48.7 Å². The van der Waals surface area contributed by atoms with Crippen molar-refractivity contribution in [1.82, 2.24) is 15.2 Å². The number of amides is 1. The molecule has 4 nitrogen and oxygen atoms in total. The number of rotatable bonds is 3. The third kappa shape index (κ3) is 2.74. The van der Waals surface area contributed by atoms with Crippen molar-refractivity contribution in [2.45, 2.75) is 44.6 Å². The van der Waals surface area contributed by atoms with Gasteiger partial charge in [0.2, 0.25) is 5.91 Å². The van der Waals surface area contributed by atoms with Crippen molar-refractivity contribution in [3.63, 3.8) is 0 Å². The molecule has 1 aliphatic carbocycles. The molecule has 1 N–H and O–H groups in total. The second kappa shape index (κ2) is 6.22. The van der Waals surface area contributed by atoms with Gasteiger partial charge in [-0.15, -0.1) is 11.3 Å². The number of hydrogen-bond acceptors (Lipinski definition) is 4. The molecule has 1 saturated carbocycles. The standard InChI is InChI=1S/C15H23N3OS/c1-16-13-14-12(17-10-20-14)7-8-18(15(13)19)9-11-5-3-2-4-6-11/h10-11,13,16H,2-9H2,1H3. The van der Waals surface area contributed by atoms with Gasteiger partial charge in [0.1, 0.15) is 6.04 Å². The van der Waals surface area contributed by atoms with Gasteiger partial charge in [-0.25, -0.2) is 4.98 Å². The number of nitrogens with zero attached hydrogens (tertiary/aromatic N) is 2. The van der Waals surface area contributed by atoms with Crippen LogP contribution >= 0.6 is 11.3 Å². The molecule has 5 heteroatoms. The van der Waals surface area contributed by atoms with Crippen molar-refractivity contribution >= 4 is 17.2 Å². The number of aromatic nitrogens is 1. The second-order valence-corrected chi connectivity index (χ2v) is 6.81. The lowest BCUT2D eigenvalue weighted by Gasteiger charge is -2.30. The third-order valence-corrected chi connectivity index (χ3v) is 5.54. The van der Waals surface area contributed by atoms with Crippen molar-refractivity contribution in [3.05, 3.63) is 16.1 Å². The number of fused-ring (bicyclic) bond motifs is 1. The van der Waals surface area contributed by atoms with Crippen LogP contribution in [0.5, 0.6) is 0 Å². The summed E-state index contributed by atoms with van der Waals surface area (Å²) in [5, 5.41) is 3.18. The fourth-order valence-electron chi connectivity index (χ4n) is 3.46. The van der Waals surface area contributed by atoms with Crippen molar-refractivity contribution in [2.24, 2.45) is 5.92 Å². The van der Waals surface area contributed by atoms with E-state index in [2.05, 4.69) is 15.2 Å². The van der Waals surface area contributed by atoms with E-state index in [0.717, 1.165) is 30.1 Å². The van der Waals surface area contributed by atoms with Crippen molar-refractivity contribution in [2.75, 3.05) is 20.1 Å². The zero-order chi connectivity index (χ0) is 13.9. The Bertz CT molecular complexity index is 467. The Hall–Kier alpha value is -0.940. The van der Waals surface area contributed by atoms with E-state index < -0.39 is 0 Å². The van der Waals surface area contributed by atoms with Gasteiger partial charge >= 0.3 is 0 Å². The van der Waals surface area contributed by atoms with E-state index in [1.54, 1.807) is 11.3 Å². The van der Waals surface area contributed by atoms with Crippen LogP contribution in [-0.2, 0) is 11.2 Å². The Morgan fingerprint density at radius 2 is 2.20 bits per heavy atom. The first-order valence-corrected chi connectivity index (χ1v) is 8.56. The van der Waals surface area contributed by atoms with Gasteiger partial charge in [0.25, 0.3) is 0 Å². The summed E-state index contributed by atoms with van der Waals surface area (Å²) in [5.74, 6) is 0.940. The predicted molar refractivity (Wildman–Crippen MR) is 80.8 cm³/mol. The largest absolute Gasteiger partial charge is 0.340 e. The monoisotopic (exact) mass is 293 g/mol. The Labute approximate surface area is 124 Å². The lowest BCUT2D eigenvalue weighted by molar-refractivity contribution is -0.133. The van der Waals surface area contributed by atoms with Crippen LogP contribution in [0.15, 0.2) is 5.51 Å². The Morgan fingerprint density at radius 1 is 1.40 bits per heavy atom. The first-order valence-electron chi connectivity index (χ1n) is 7.68. The molecule has 0 spiro atoms. The number of carbonyl (C=O) groups is 1. The Balaban J connectivity index is 1.73. The number of carbonyl (C=O) groups excluding carboxylic acids is 1. The Kier molecular flexibility index (Phi) is 4.36. The molecule has 0 bridgehead atoms. The van der Waals surface area contributed by atoms with Crippen LogP contribution in [-0.4, -0.2) is 35.9 Å². The van der Waals surface area contributed by atoms with E-state index in [-0.39, 0.29) is 11.9 Å². The number of likely N-dealkylation sites (N-methyl/N-ethyl adjacent to an activating group) is 1. The SMILES string of the molecule is CNC1C(=O)N(CC2CCCCC2)CCc2ncsc21. The highest BCUT2D eigenvalue weighted by Gasteiger charge is 2.32. The summed E-state index contributed by atoms with van der Waals surface area (Å²) in [6.07, 6.45) is 7.50. The third-order valence-electron chi connectivity index (χ3n) is 4.60. The van der Waals surface area contributed by atoms with E-state index in [1.807, 2.05) is 12.6 Å². The summed E-state index contributed by atoms with van der Waals surface area (Å²) in [7, 11) is 1.87. The van der Waals surface area contributed by atoms with Gasteiger partial charge in [0, 0.05) is 19.5 Å². The molecule has 1 atom stereocenters. The quantitative estimate of drug-likeness (QED) is 0.930. The fraction of sp³-hybridized carbons (Fsp3) is 0.733. The highest BCUT2D eigenvalue weighted by Crippen LogP contribution is 2.30. The van der Waals surface area contributed by atoms with Crippen LogP contribution in [0, 0.1) is 5.92 Å². The summed E-state index contributed by atoms with van der Waals surface area (Å²) in [4.78, 5) is 20.4. The zero-order valence-corrected chi connectivity index (χ0v) is 12.9.